The van der Waals surface area contributed by atoms with Crippen molar-refractivity contribution < 1.29 is 9.59 Å². The second kappa shape index (κ2) is 7.66. The van der Waals surface area contributed by atoms with Gasteiger partial charge in [0.05, 0.1) is 0 Å². The third-order valence-corrected chi connectivity index (χ3v) is 4.14. The number of carbonyl (C=O) groups excluding carboxylic acids is 2. The molecule has 2 N–H and O–H groups in total. The summed E-state index contributed by atoms with van der Waals surface area (Å²) in [6.07, 6.45) is 2.71. The van der Waals surface area contributed by atoms with Crippen LogP contribution in [0.1, 0.15) is 12.5 Å². The van der Waals surface area contributed by atoms with E-state index in [4.69, 9.17) is 0 Å². The van der Waals surface area contributed by atoms with Gasteiger partial charge in [0, 0.05) is 36.3 Å². The van der Waals surface area contributed by atoms with Crippen LogP contribution in [0.3, 0.4) is 0 Å². The van der Waals surface area contributed by atoms with Gasteiger partial charge in [-0.2, -0.15) is 0 Å². The number of rotatable bonds is 6. The molecule has 5 nitrogen and oxygen atoms in total. The first-order valence-electron chi connectivity index (χ1n) is 8.30. The van der Waals surface area contributed by atoms with E-state index in [1.807, 2.05) is 54.7 Å². The number of hydrogen-bond acceptors (Lipinski definition) is 2. The van der Waals surface area contributed by atoms with Gasteiger partial charge < -0.3 is 15.2 Å². The van der Waals surface area contributed by atoms with E-state index in [1.165, 1.54) is 22.8 Å². The Bertz CT molecular complexity index is 871. The zero-order valence-corrected chi connectivity index (χ0v) is 14.2. The smallest absolute Gasteiger partial charge is 0.240 e. The Hall–Kier alpha value is -3.08. The lowest BCUT2D eigenvalue weighted by Gasteiger charge is -2.20. The highest BCUT2D eigenvalue weighted by molar-refractivity contribution is 5.97. The minimum absolute atomic E-state index is 0.0211. The number of aromatic nitrogens is 1. The quantitative estimate of drug-likeness (QED) is 0.727. The molecule has 128 valence electrons. The predicted octanol–water partition coefficient (Wildman–Crippen LogP) is 2.88. The Morgan fingerprint density at radius 2 is 1.76 bits per heavy atom. The molecule has 2 aromatic carbocycles. The summed E-state index contributed by atoms with van der Waals surface area (Å²) in [4.78, 5) is 28.7. The van der Waals surface area contributed by atoms with Gasteiger partial charge in [0.15, 0.2) is 0 Å². The first-order valence-corrected chi connectivity index (χ1v) is 8.30. The van der Waals surface area contributed by atoms with Crippen LogP contribution in [0.4, 0.5) is 5.69 Å². The molecule has 1 aromatic heterocycles. The van der Waals surface area contributed by atoms with E-state index in [0.717, 1.165) is 17.6 Å². The van der Waals surface area contributed by atoms with Crippen molar-refractivity contribution in [1.29, 1.82) is 0 Å². The Morgan fingerprint density at radius 3 is 2.52 bits per heavy atom. The number of nitrogens with one attached hydrogen (secondary N) is 2. The first-order chi connectivity index (χ1) is 12.1. The lowest BCUT2D eigenvalue weighted by molar-refractivity contribution is -0.123. The molecule has 0 aliphatic rings. The summed E-state index contributed by atoms with van der Waals surface area (Å²) >= 11 is 0. The summed E-state index contributed by atoms with van der Waals surface area (Å²) in [5.74, 6) is -0.322. The van der Waals surface area contributed by atoms with E-state index < -0.39 is 0 Å². The van der Waals surface area contributed by atoms with Crippen molar-refractivity contribution in [3.8, 4) is 0 Å². The zero-order valence-electron chi connectivity index (χ0n) is 14.2. The average molecular weight is 335 g/mol. The average Bonchev–Trinajstić information content (AvgIpc) is 3.03. The Labute approximate surface area is 146 Å². The third-order valence-electron chi connectivity index (χ3n) is 4.14. The summed E-state index contributed by atoms with van der Waals surface area (Å²) in [5, 5.41) is 4.07. The lowest BCUT2D eigenvalue weighted by atomic mass is 10.1. The van der Waals surface area contributed by atoms with Gasteiger partial charge in [-0.3, -0.25) is 9.59 Å². The van der Waals surface area contributed by atoms with Crippen LogP contribution < -0.4 is 10.2 Å². The van der Waals surface area contributed by atoms with Gasteiger partial charge in [0.1, 0.15) is 6.54 Å². The number of aromatic amines is 1. The van der Waals surface area contributed by atoms with Crippen LogP contribution in [0.25, 0.3) is 10.9 Å². The molecule has 5 heteroatoms. The molecule has 0 bridgehead atoms. The maximum Gasteiger partial charge on any atom is 0.240 e. The highest BCUT2D eigenvalue weighted by Crippen LogP contribution is 2.17. The fourth-order valence-corrected chi connectivity index (χ4v) is 2.87. The van der Waals surface area contributed by atoms with E-state index in [-0.39, 0.29) is 18.4 Å². The highest BCUT2D eigenvalue weighted by atomic mass is 16.2. The number of amides is 2. The molecule has 25 heavy (non-hydrogen) atoms. The largest absolute Gasteiger partial charge is 0.361 e. The summed E-state index contributed by atoms with van der Waals surface area (Å²) < 4.78 is 0. The maximum absolute atomic E-state index is 12.2. The van der Waals surface area contributed by atoms with Gasteiger partial charge >= 0.3 is 0 Å². The van der Waals surface area contributed by atoms with Crippen LogP contribution in [0.15, 0.2) is 60.8 Å². The van der Waals surface area contributed by atoms with Crippen molar-refractivity contribution in [2.75, 3.05) is 18.0 Å². The van der Waals surface area contributed by atoms with Crippen molar-refractivity contribution in [3.05, 3.63) is 66.4 Å². The highest BCUT2D eigenvalue weighted by Gasteiger charge is 2.15. The molecule has 3 rings (SSSR count). The van der Waals surface area contributed by atoms with Crippen LogP contribution in [-0.4, -0.2) is 29.9 Å². The summed E-state index contributed by atoms with van der Waals surface area (Å²) in [6, 6.07) is 17.3. The van der Waals surface area contributed by atoms with E-state index in [1.54, 1.807) is 0 Å². The van der Waals surface area contributed by atoms with Gasteiger partial charge in [0.25, 0.3) is 0 Å². The van der Waals surface area contributed by atoms with Gasteiger partial charge in [-0.25, -0.2) is 0 Å². The van der Waals surface area contributed by atoms with Gasteiger partial charge in [-0.15, -0.1) is 0 Å². The maximum atomic E-state index is 12.2. The fourth-order valence-electron chi connectivity index (χ4n) is 2.87. The van der Waals surface area contributed by atoms with Crippen molar-refractivity contribution in [2.45, 2.75) is 13.3 Å². The predicted molar refractivity (Wildman–Crippen MR) is 99.5 cm³/mol. The lowest BCUT2D eigenvalue weighted by Crippen LogP contribution is -2.40. The molecule has 0 aliphatic heterocycles. The van der Waals surface area contributed by atoms with E-state index in [0.29, 0.717) is 6.54 Å². The van der Waals surface area contributed by atoms with Gasteiger partial charge in [0.2, 0.25) is 11.8 Å². The molecule has 0 spiro atoms. The number of hydrogen-bond donors (Lipinski definition) is 2. The third kappa shape index (κ3) is 4.07. The molecular formula is C20H21N3O2. The molecule has 2 amide bonds. The normalized spacial score (nSPS) is 10.6. The number of fused-ring (bicyclic) bond motifs is 1. The van der Waals surface area contributed by atoms with Crippen LogP contribution >= 0.6 is 0 Å². The fraction of sp³-hybridized carbons (Fsp3) is 0.200. The first kappa shape index (κ1) is 16.8. The summed E-state index contributed by atoms with van der Waals surface area (Å²) in [5.41, 5.74) is 2.99. The van der Waals surface area contributed by atoms with Gasteiger partial charge in [-0.05, 0) is 30.2 Å². The van der Waals surface area contributed by atoms with Crippen LogP contribution in [-0.2, 0) is 16.0 Å². The molecule has 0 radical (unpaired) electrons. The van der Waals surface area contributed by atoms with Crippen molar-refractivity contribution >= 4 is 28.4 Å². The summed E-state index contributed by atoms with van der Waals surface area (Å²) in [7, 11) is 0. The Balaban J connectivity index is 1.56. The minimum Gasteiger partial charge on any atom is -0.361 e. The zero-order chi connectivity index (χ0) is 17.6. The number of H-pyrrole nitrogens is 1. The molecule has 3 aromatic rings. The topological polar surface area (TPSA) is 65.2 Å². The minimum atomic E-state index is -0.168. The molecule has 1 heterocycles. The SMILES string of the molecule is CC(=O)N(CC(=O)NCCc1c[nH]c2ccccc12)c1ccccc1. The second-order valence-electron chi connectivity index (χ2n) is 5.90. The standard InChI is InChI=1S/C20H21N3O2/c1-15(24)23(17-7-3-2-4-8-17)14-20(25)21-12-11-16-13-22-19-10-6-5-9-18(16)19/h2-10,13,22H,11-12,14H2,1H3,(H,21,25). The van der Waals surface area contributed by atoms with Crippen molar-refractivity contribution in [3.63, 3.8) is 0 Å². The number of carbonyl (C=O) groups is 2. The van der Waals surface area contributed by atoms with Crippen molar-refractivity contribution in [1.82, 2.24) is 10.3 Å². The van der Waals surface area contributed by atoms with E-state index in [9.17, 15) is 9.59 Å². The molecule has 0 saturated carbocycles. The molecule has 0 atom stereocenters. The van der Waals surface area contributed by atoms with Crippen molar-refractivity contribution in [2.24, 2.45) is 0 Å². The number of benzene rings is 2. The monoisotopic (exact) mass is 335 g/mol. The van der Waals surface area contributed by atoms with E-state index in [2.05, 4.69) is 16.4 Å². The van der Waals surface area contributed by atoms with Crippen LogP contribution in [0.2, 0.25) is 0 Å². The molecular weight excluding hydrogens is 314 g/mol. The molecule has 0 aliphatic carbocycles. The number of nitrogens with zero attached hydrogens (tertiary/aromatic N) is 1. The van der Waals surface area contributed by atoms with Gasteiger partial charge in [-0.1, -0.05) is 36.4 Å². The van der Waals surface area contributed by atoms with E-state index >= 15 is 0 Å². The molecule has 0 fully saturated rings. The number of anilines is 1. The molecule has 0 unspecified atom stereocenters. The van der Waals surface area contributed by atoms with Crippen LogP contribution in [0.5, 0.6) is 0 Å². The Morgan fingerprint density at radius 1 is 1.04 bits per heavy atom. The van der Waals surface area contributed by atoms with Crippen LogP contribution in [0, 0.1) is 0 Å². The summed E-state index contributed by atoms with van der Waals surface area (Å²) in [6.45, 7) is 2.01. The molecule has 0 saturated heterocycles. The Kier molecular flexibility index (Phi) is 5.14. The number of para-hydroxylation sites is 2. The second-order valence-corrected chi connectivity index (χ2v) is 5.90.